The van der Waals surface area contributed by atoms with Crippen LogP contribution in [0.25, 0.3) is 15.9 Å². The molecule has 152 valence electrons. The van der Waals surface area contributed by atoms with Crippen LogP contribution in [0.3, 0.4) is 0 Å². The maximum absolute atomic E-state index is 12.9. The lowest BCUT2D eigenvalue weighted by Gasteiger charge is -2.20. The van der Waals surface area contributed by atoms with Crippen molar-refractivity contribution in [2.75, 3.05) is 0 Å². The van der Waals surface area contributed by atoms with E-state index in [-0.39, 0.29) is 6.54 Å². The smallest absolute Gasteiger partial charge is 0.262 e. The van der Waals surface area contributed by atoms with Gasteiger partial charge in [0.2, 0.25) is 0 Å². The summed E-state index contributed by atoms with van der Waals surface area (Å²) in [4.78, 5) is 11.5. The van der Waals surface area contributed by atoms with Gasteiger partial charge < -0.3 is 0 Å². The van der Waals surface area contributed by atoms with E-state index in [9.17, 15) is 13.2 Å². The Morgan fingerprint density at radius 1 is 1.28 bits per heavy atom. The molecular weight excluding hydrogens is 401 g/mol. The Balaban J connectivity index is 1.55. The highest BCUT2D eigenvalue weighted by Crippen LogP contribution is 2.39. The molecule has 1 aliphatic carbocycles. The van der Waals surface area contributed by atoms with Crippen LogP contribution in [0.5, 0.6) is 0 Å². The van der Waals surface area contributed by atoms with E-state index in [1.54, 1.807) is 29.1 Å². The first-order chi connectivity index (χ1) is 13.8. The molecule has 0 N–H and O–H groups in total. The van der Waals surface area contributed by atoms with Gasteiger partial charge in [0.05, 0.1) is 5.39 Å². The minimum atomic E-state index is -4.47. The fourth-order valence-corrected chi connectivity index (χ4v) is 5.34. The maximum atomic E-state index is 12.9. The molecule has 1 aliphatic rings. The fourth-order valence-electron chi connectivity index (χ4n) is 4.05. The maximum Gasteiger partial charge on any atom is 0.435 e. The quantitative estimate of drug-likeness (QED) is 0.492. The molecule has 4 aromatic heterocycles. The zero-order chi connectivity index (χ0) is 20.3. The third-order valence-electron chi connectivity index (χ3n) is 5.67. The SMILES string of the molecule is CC[C@H]1CCc2c(sc3ncn4nc(Cn5nc(C(F)(F)F)cc5C)nc4c23)C1. The molecule has 0 unspecified atom stereocenters. The Morgan fingerprint density at radius 3 is 2.83 bits per heavy atom. The molecule has 0 saturated heterocycles. The van der Waals surface area contributed by atoms with E-state index >= 15 is 0 Å². The van der Waals surface area contributed by atoms with Crippen LogP contribution in [0.1, 0.15) is 47.4 Å². The fraction of sp³-hybridized carbons (Fsp3) is 0.474. The molecule has 4 heterocycles. The Morgan fingerprint density at radius 2 is 2.10 bits per heavy atom. The molecule has 10 heteroatoms. The van der Waals surface area contributed by atoms with Crippen LogP contribution in [-0.2, 0) is 25.6 Å². The molecule has 1 atom stereocenters. The molecule has 0 aliphatic heterocycles. The highest BCUT2D eigenvalue weighted by Gasteiger charge is 2.34. The van der Waals surface area contributed by atoms with Crippen LogP contribution in [0.15, 0.2) is 12.4 Å². The number of aryl methyl sites for hydroxylation is 2. The van der Waals surface area contributed by atoms with Crippen LogP contribution in [0.2, 0.25) is 0 Å². The van der Waals surface area contributed by atoms with Crippen molar-refractivity contribution >= 4 is 27.2 Å². The zero-order valence-electron chi connectivity index (χ0n) is 16.0. The predicted octanol–water partition coefficient (Wildman–Crippen LogP) is 4.43. The first-order valence-electron chi connectivity index (χ1n) is 9.59. The number of rotatable bonds is 3. The highest BCUT2D eigenvalue weighted by molar-refractivity contribution is 7.19. The minimum Gasteiger partial charge on any atom is -0.262 e. The largest absolute Gasteiger partial charge is 0.435 e. The molecule has 0 aromatic carbocycles. The average molecular weight is 420 g/mol. The highest BCUT2D eigenvalue weighted by atomic mass is 32.1. The van der Waals surface area contributed by atoms with Crippen molar-refractivity contribution in [2.24, 2.45) is 5.92 Å². The van der Waals surface area contributed by atoms with E-state index in [1.807, 2.05) is 0 Å². The normalized spacial score (nSPS) is 17.3. The monoisotopic (exact) mass is 420 g/mol. The summed E-state index contributed by atoms with van der Waals surface area (Å²) in [6, 6.07) is 1.04. The van der Waals surface area contributed by atoms with Gasteiger partial charge >= 0.3 is 6.18 Å². The van der Waals surface area contributed by atoms with E-state index in [0.29, 0.717) is 17.4 Å². The number of alkyl halides is 3. The summed E-state index contributed by atoms with van der Waals surface area (Å²) in [5.74, 6) is 1.13. The number of hydrogen-bond acceptors (Lipinski definition) is 5. The van der Waals surface area contributed by atoms with E-state index in [1.165, 1.54) is 21.5 Å². The molecule has 29 heavy (non-hydrogen) atoms. The van der Waals surface area contributed by atoms with Crippen molar-refractivity contribution in [3.05, 3.63) is 40.0 Å². The van der Waals surface area contributed by atoms with Crippen LogP contribution in [0.4, 0.5) is 13.2 Å². The third-order valence-corrected chi connectivity index (χ3v) is 6.83. The van der Waals surface area contributed by atoms with Crippen LogP contribution >= 0.6 is 11.3 Å². The van der Waals surface area contributed by atoms with Crippen molar-refractivity contribution in [3.63, 3.8) is 0 Å². The van der Waals surface area contributed by atoms with Crippen molar-refractivity contribution in [1.82, 2.24) is 29.4 Å². The van der Waals surface area contributed by atoms with E-state index in [2.05, 4.69) is 27.1 Å². The van der Waals surface area contributed by atoms with Gasteiger partial charge in [-0.1, -0.05) is 13.3 Å². The lowest BCUT2D eigenvalue weighted by molar-refractivity contribution is -0.141. The van der Waals surface area contributed by atoms with Crippen LogP contribution in [-0.4, -0.2) is 29.4 Å². The van der Waals surface area contributed by atoms with Gasteiger partial charge in [0.1, 0.15) is 17.7 Å². The molecule has 0 saturated carbocycles. The number of nitrogens with zero attached hydrogens (tertiary/aromatic N) is 6. The van der Waals surface area contributed by atoms with Gasteiger partial charge in [-0.25, -0.2) is 14.5 Å². The first-order valence-corrected chi connectivity index (χ1v) is 10.4. The zero-order valence-corrected chi connectivity index (χ0v) is 16.8. The van der Waals surface area contributed by atoms with Crippen LogP contribution in [0, 0.1) is 12.8 Å². The van der Waals surface area contributed by atoms with E-state index in [4.69, 9.17) is 0 Å². The lowest BCUT2D eigenvalue weighted by atomic mass is 9.86. The van der Waals surface area contributed by atoms with Crippen molar-refractivity contribution < 1.29 is 13.2 Å². The molecule has 5 rings (SSSR count). The van der Waals surface area contributed by atoms with Gasteiger partial charge in [0.25, 0.3) is 0 Å². The number of thiophene rings is 1. The van der Waals surface area contributed by atoms with Gasteiger partial charge in [0, 0.05) is 10.6 Å². The van der Waals surface area contributed by atoms with Gasteiger partial charge in [-0.15, -0.1) is 16.4 Å². The predicted molar refractivity (Wildman–Crippen MR) is 103 cm³/mol. The van der Waals surface area contributed by atoms with Gasteiger partial charge in [-0.2, -0.15) is 18.3 Å². The summed E-state index contributed by atoms with van der Waals surface area (Å²) in [5.41, 5.74) is 1.54. The van der Waals surface area contributed by atoms with Crippen molar-refractivity contribution in [3.8, 4) is 0 Å². The van der Waals surface area contributed by atoms with Gasteiger partial charge in [0.15, 0.2) is 17.2 Å². The second kappa shape index (κ2) is 6.51. The Bertz CT molecular complexity index is 1220. The Labute approximate surface area is 168 Å². The minimum absolute atomic E-state index is 0.0787. The standard InChI is InChI=1S/C19H19F3N6S/c1-3-11-4-5-12-13(7-11)29-18-16(12)17-24-15(26-28(17)9-23-18)8-27-10(2)6-14(25-27)19(20,21)22/h6,9,11H,3-5,7-8H2,1-2H3/t11-/m0/s1. The van der Waals surface area contributed by atoms with Gasteiger partial charge in [-0.3, -0.25) is 4.68 Å². The van der Waals surface area contributed by atoms with E-state index in [0.717, 1.165) is 41.2 Å². The molecule has 6 nitrogen and oxygen atoms in total. The average Bonchev–Trinajstić information content (AvgIpc) is 3.35. The summed E-state index contributed by atoms with van der Waals surface area (Å²) in [5, 5.41) is 9.15. The third kappa shape index (κ3) is 3.09. The summed E-state index contributed by atoms with van der Waals surface area (Å²) in [7, 11) is 0. The molecule has 4 aromatic rings. The van der Waals surface area contributed by atoms with E-state index < -0.39 is 11.9 Å². The second-order valence-corrected chi connectivity index (χ2v) is 8.65. The van der Waals surface area contributed by atoms with Crippen LogP contribution < -0.4 is 0 Å². The number of halogens is 3. The molecule has 0 fully saturated rings. The molecule has 0 amide bonds. The topological polar surface area (TPSA) is 60.9 Å². The lowest BCUT2D eigenvalue weighted by Crippen LogP contribution is -2.11. The Kier molecular flexibility index (Phi) is 4.16. The number of fused-ring (bicyclic) bond motifs is 5. The molecule has 0 spiro atoms. The van der Waals surface area contributed by atoms with Crippen molar-refractivity contribution in [2.45, 2.75) is 52.3 Å². The van der Waals surface area contributed by atoms with Crippen molar-refractivity contribution in [1.29, 1.82) is 0 Å². The number of hydrogen-bond donors (Lipinski definition) is 0. The molecule has 0 radical (unpaired) electrons. The molecule has 0 bridgehead atoms. The summed E-state index contributed by atoms with van der Waals surface area (Å²) in [6.45, 7) is 3.90. The Hall–Kier alpha value is -2.49. The molecular formula is C19H19F3N6S. The number of aromatic nitrogens is 6. The second-order valence-electron chi connectivity index (χ2n) is 7.57. The first kappa shape index (κ1) is 18.5. The summed E-state index contributed by atoms with van der Waals surface area (Å²) >= 11 is 1.72. The summed E-state index contributed by atoms with van der Waals surface area (Å²) in [6.07, 6.45) is 1.57. The van der Waals surface area contributed by atoms with Gasteiger partial charge in [-0.05, 0) is 43.7 Å². The summed E-state index contributed by atoms with van der Waals surface area (Å²) < 4.78 is 41.7.